The lowest BCUT2D eigenvalue weighted by atomic mass is 10.3. The van der Waals surface area contributed by atoms with E-state index in [0.717, 1.165) is 6.42 Å². The molecule has 0 aliphatic carbocycles. The molecule has 2 aromatic rings. The van der Waals surface area contributed by atoms with Gasteiger partial charge in [0.15, 0.2) is 11.6 Å². The average Bonchev–Trinajstić information content (AvgIpc) is 3.06. The van der Waals surface area contributed by atoms with E-state index in [4.69, 9.17) is 4.42 Å². The smallest absolute Gasteiger partial charge is 0.230 e. The number of nitrogens with one attached hydrogen (secondary N) is 2. The van der Waals surface area contributed by atoms with Gasteiger partial charge in [-0.05, 0) is 25.5 Å². The number of aromatic nitrogens is 3. The van der Waals surface area contributed by atoms with Gasteiger partial charge in [-0.3, -0.25) is 9.89 Å². The van der Waals surface area contributed by atoms with Crippen LogP contribution in [0.5, 0.6) is 0 Å². The van der Waals surface area contributed by atoms with Gasteiger partial charge < -0.3 is 9.73 Å². The summed E-state index contributed by atoms with van der Waals surface area (Å²) in [6, 6.07) is 3.77. The maximum Gasteiger partial charge on any atom is 0.230 e. The van der Waals surface area contributed by atoms with E-state index in [2.05, 4.69) is 20.5 Å². The Morgan fingerprint density at radius 2 is 2.47 bits per heavy atom. The molecule has 2 rings (SSSR count). The Labute approximate surface area is 115 Å². The van der Waals surface area contributed by atoms with E-state index in [-0.39, 0.29) is 11.9 Å². The first-order valence-electron chi connectivity index (χ1n) is 6.07. The molecule has 0 aromatic carbocycles. The van der Waals surface area contributed by atoms with E-state index in [0.29, 0.717) is 22.5 Å². The van der Waals surface area contributed by atoms with Crippen molar-refractivity contribution >= 4 is 17.7 Å². The molecular formula is C12H16N4O2S. The fourth-order valence-electron chi connectivity index (χ4n) is 1.38. The summed E-state index contributed by atoms with van der Waals surface area (Å²) >= 11 is 1.29. The van der Waals surface area contributed by atoms with Gasteiger partial charge in [0.05, 0.1) is 12.0 Å². The molecule has 0 aliphatic heterocycles. The van der Waals surface area contributed by atoms with Crippen LogP contribution in [-0.4, -0.2) is 32.9 Å². The van der Waals surface area contributed by atoms with Crippen LogP contribution in [0.2, 0.25) is 0 Å². The Balaban J connectivity index is 1.85. The predicted molar refractivity (Wildman–Crippen MR) is 72.7 cm³/mol. The zero-order chi connectivity index (χ0) is 13.7. The normalized spacial score (nSPS) is 12.3. The molecule has 102 valence electrons. The van der Waals surface area contributed by atoms with Gasteiger partial charge in [-0.2, -0.15) is 4.98 Å². The van der Waals surface area contributed by atoms with Crippen molar-refractivity contribution in [3.05, 3.63) is 18.4 Å². The van der Waals surface area contributed by atoms with Crippen LogP contribution in [0, 0.1) is 0 Å². The van der Waals surface area contributed by atoms with E-state index in [9.17, 15) is 4.79 Å². The number of H-pyrrole nitrogens is 1. The number of hydrogen-bond acceptors (Lipinski definition) is 5. The SMILES string of the molecule is CC[C@H](C)NC(=O)CSc1n[nH]c(-c2ccco2)n1. The first-order chi connectivity index (χ1) is 9.19. The number of nitrogens with zero attached hydrogens (tertiary/aromatic N) is 2. The minimum atomic E-state index is -0.0105. The lowest BCUT2D eigenvalue weighted by molar-refractivity contribution is -0.119. The van der Waals surface area contributed by atoms with Gasteiger partial charge in [0.2, 0.25) is 11.1 Å². The lowest BCUT2D eigenvalue weighted by Gasteiger charge is -2.09. The molecule has 0 unspecified atom stereocenters. The fourth-order valence-corrected chi connectivity index (χ4v) is 1.99. The standard InChI is InChI=1S/C12H16N4O2S/c1-3-8(2)13-10(17)7-19-12-14-11(15-16-12)9-5-4-6-18-9/h4-6,8H,3,7H2,1-2H3,(H,13,17)(H,14,15,16)/t8-/m0/s1. The summed E-state index contributed by atoms with van der Waals surface area (Å²) in [4.78, 5) is 15.9. The molecule has 0 spiro atoms. The minimum absolute atomic E-state index is 0.0105. The first-order valence-corrected chi connectivity index (χ1v) is 7.06. The van der Waals surface area contributed by atoms with Crippen molar-refractivity contribution in [1.29, 1.82) is 0 Å². The highest BCUT2D eigenvalue weighted by molar-refractivity contribution is 7.99. The number of rotatable bonds is 6. The third-order valence-electron chi connectivity index (χ3n) is 2.57. The molecule has 0 radical (unpaired) electrons. The van der Waals surface area contributed by atoms with Crippen LogP contribution in [0.25, 0.3) is 11.6 Å². The number of amides is 1. The van der Waals surface area contributed by atoms with Crippen molar-refractivity contribution in [1.82, 2.24) is 20.5 Å². The second-order valence-corrected chi connectivity index (χ2v) is 5.05. The van der Waals surface area contributed by atoms with Crippen molar-refractivity contribution in [2.45, 2.75) is 31.5 Å². The second kappa shape index (κ2) is 6.42. The summed E-state index contributed by atoms with van der Waals surface area (Å²) in [5, 5.41) is 10.2. The number of furan rings is 1. The van der Waals surface area contributed by atoms with Crippen LogP contribution >= 0.6 is 11.8 Å². The van der Waals surface area contributed by atoms with Crippen molar-refractivity contribution in [3.63, 3.8) is 0 Å². The average molecular weight is 280 g/mol. The summed E-state index contributed by atoms with van der Waals surface area (Å²) < 4.78 is 5.20. The third kappa shape index (κ3) is 3.85. The van der Waals surface area contributed by atoms with Crippen LogP contribution < -0.4 is 5.32 Å². The van der Waals surface area contributed by atoms with Crippen LogP contribution in [0.4, 0.5) is 0 Å². The van der Waals surface area contributed by atoms with E-state index < -0.39 is 0 Å². The van der Waals surface area contributed by atoms with Crippen molar-refractivity contribution < 1.29 is 9.21 Å². The van der Waals surface area contributed by atoms with Gasteiger partial charge >= 0.3 is 0 Å². The summed E-state index contributed by atoms with van der Waals surface area (Å²) in [6.07, 6.45) is 2.49. The molecule has 2 N–H and O–H groups in total. The third-order valence-corrected chi connectivity index (χ3v) is 3.42. The molecular weight excluding hydrogens is 264 g/mol. The number of thioether (sulfide) groups is 1. The number of hydrogen-bond donors (Lipinski definition) is 2. The van der Waals surface area contributed by atoms with Crippen molar-refractivity contribution in [2.75, 3.05) is 5.75 Å². The zero-order valence-corrected chi connectivity index (χ0v) is 11.7. The van der Waals surface area contributed by atoms with E-state index in [1.165, 1.54) is 11.8 Å². The van der Waals surface area contributed by atoms with E-state index in [1.54, 1.807) is 18.4 Å². The van der Waals surface area contributed by atoms with E-state index >= 15 is 0 Å². The molecule has 1 atom stereocenters. The quantitative estimate of drug-likeness (QED) is 0.791. The largest absolute Gasteiger partial charge is 0.461 e. The Morgan fingerprint density at radius 3 is 3.16 bits per heavy atom. The molecule has 0 aliphatic rings. The molecule has 2 heterocycles. The fraction of sp³-hybridized carbons (Fsp3) is 0.417. The van der Waals surface area contributed by atoms with E-state index in [1.807, 2.05) is 13.8 Å². The van der Waals surface area contributed by atoms with Gasteiger partial charge in [0.1, 0.15) is 0 Å². The molecule has 0 fully saturated rings. The number of carbonyl (C=O) groups is 1. The maximum absolute atomic E-state index is 11.6. The van der Waals surface area contributed by atoms with Crippen LogP contribution in [0.1, 0.15) is 20.3 Å². The zero-order valence-electron chi connectivity index (χ0n) is 10.8. The Kier molecular flexibility index (Phi) is 4.62. The monoisotopic (exact) mass is 280 g/mol. The molecule has 0 saturated heterocycles. The van der Waals surface area contributed by atoms with Gasteiger partial charge in [-0.25, -0.2) is 0 Å². The van der Waals surface area contributed by atoms with Crippen molar-refractivity contribution in [2.24, 2.45) is 0 Å². The molecule has 1 amide bonds. The van der Waals surface area contributed by atoms with Crippen LogP contribution in [-0.2, 0) is 4.79 Å². The highest BCUT2D eigenvalue weighted by atomic mass is 32.2. The highest BCUT2D eigenvalue weighted by Crippen LogP contribution is 2.19. The lowest BCUT2D eigenvalue weighted by Crippen LogP contribution is -2.33. The topological polar surface area (TPSA) is 83.8 Å². The summed E-state index contributed by atoms with van der Waals surface area (Å²) in [5.41, 5.74) is 0. The van der Waals surface area contributed by atoms with Gasteiger partial charge in [-0.1, -0.05) is 18.7 Å². The molecule has 7 heteroatoms. The summed E-state index contributed by atoms with van der Waals surface area (Å²) in [5.74, 6) is 1.49. The highest BCUT2D eigenvalue weighted by Gasteiger charge is 2.11. The van der Waals surface area contributed by atoms with Crippen LogP contribution in [0.3, 0.4) is 0 Å². The predicted octanol–water partition coefficient (Wildman–Crippen LogP) is 2.07. The van der Waals surface area contributed by atoms with Gasteiger partial charge in [-0.15, -0.1) is 5.10 Å². The van der Waals surface area contributed by atoms with Crippen LogP contribution in [0.15, 0.2) is 28.0 Å². The number of carbonyl (C=O) groups excluding carboxylic acids is 1. The summed E-state index contributed by atoms with van der Waals surface area (Å²) in [6.45, 7) is 4.01. The molecule has 19 heavy (non-hydrogen) atoms. The molecule has 2 aromatic heterocycles. The maximum atomic E-state index is 11.6. The molecule has 6 nitrogen and oxygen atoms in total. The van der Waals surface area contributed by atoms with Gasteiger partial charge in [0, 0.05) is 6.04 Å². The molecule has 0 saturated carbocycles. The second-order valence-electron chi connectivity index (χ2n) is 4.11. The Bertz CT molecular complexity index is 524. The number of aromatic amines is 1. The Morgan fingerprint density at radius 1 is 1.63 bits per heavy atom. The Hall–Kier alpha value is -1.76. The summed E-state index contributed by atoms with van der Waals surface area (Å²) in [7, 11) is 0. The van der Waals surface area contributed by atoms with Crippen molar-refractivity contribution in [3.8, 4) is 11.6 Å². The first kappa shape index (κ1) is 13.7. The van der Waals surface area contributed by atoms with Gasteiger partial charge in [0.25, 0.3) is 0 Å². The molecule has 0 bridgehead atoms. The minimum Gasteiger partial charge on any atom is -0.461 e.